The highest BCUT2D eigenvalue weighted by atomic mass is 16.7. The van der Waals surface area contributed by atoms with Gasteiger partial charge in [-0.3, -0.25) is 9.59 Å². The van der Waals surface area contributed by atoms with Gasteiger partial charge in [-0.15, -0.1) is 0 Å². The Hall–Kier alpha value is -3.27. The molecule has 0 bridgehead atoms. The Morgan fingerprint density at radius 3 is 1.52 bits per heavy atom. The third-order valence-electron chi connectivity index (χ3n) is 8.72. The first-order chi connectivity index (χ1) is 27.1. The molecule has 0 saturated heterocycles. The number of aliphatic carboxylic acids is 1. The molecule has 0 aromatic rings. The normalized spacial score (nSPS) is 13.7. The number of ether oxygens (including phenoxy) is 4. The van der Waals surface area contributed by atoms with Crippen LogP contribution in [-0.4, -0.2) is 82.3 Å². The zero-order valence-corrected chi connectivity index (χ0v) is 36.0. The van der Waals surface area contributed by atoms with Gasteiger partial charge in [-0.2, -0.15) is 0 Å². The molecule has 0 fully saturated rings. The fourth-order valence-corrected chi connectivity index (χ4v) is 5.36. The first kappa shape index (κ1) is 52.7. The Kier molecular flexibility index (Phi) is 36.3. The Balaban J connectivity index is 4.43. The number of carboxylic acid groups (broad SMARTS) is 1. The van der Waals surface area contributed by atoms with Crippen molar-refractivity contribution < 1.29 is 42.9 Å². The van der Waals surface area contributed by atoms with Gasteiger partial charge in [0.1, 0.15) is 13.2 Å². The number of allylic oxidation sites excluding steroid dienone is 12. The molecule has 0 aliphatic rings. The Morgan fingerprint density at radius 1 is 0.554 bits per heavy atom. The number of carbonyl (C=O) groups is 3. The van der Waals surface area contributed by atoms with Crippen LogP contribution in [0.5, 0.6) is 0 Å². The maximum Gasteiger partial charge on any atom is 0.306 e. The lowest BCUT2D eigenvalue weighted by atomic mass is 10.1. The summed E-state index contributed by atoms with van der Waals surface area (Å²) in [4.78, 5) is 36.8. The van der Waals surface area contributed by atoms with Gasteiger partial charge in [0.15, 0.2) is 12.4 Å². The van der Waals surface area contributed by atoms with Crippen LogP contribution in [0.1, 0.15) is 149 Å². The minimum Gasteiger partial charge on any atom is -0.545 e. The standard InChI is InChI=1S/C47H79NO8/c1-6-8-10-12-14-16-17-18-19-20-21-22-23-24-25-26-27-28-29-30-32-34-36-38-45(50)56-43(42-55-47(46(51)52)53-40-39-48(3,4)5)41-54-44(49)37-35-33-31-15-13-11-9-7-2/h8,10,14,16,18-19,21-22,24-25,27-28,43,47H,6-7,9,11-13,15,17,20,23,26,29-42H2,1-5H3/b10-8-,16-14-,19-18-,22-21-,25-24-,28-27-. The molecule has 2 unspecified atom stereocenters. The van der Waals surface area contributed by atoms with Crippen LogP contribution >= 0.6 is 0 Å². The predicted molar refractivity (Wildman–Crippen MR) is 228 cm³/mol. The maximum absolute atomic E-state index is 12.7. The van der Waals surface area contributed by atoms with Crippen molar-refractivity contribution in [2.75, 3.05) is 47.5 Å². The van der Waals surface area contributed by atoms with Crippen molar-refractivity contribution in [2.45, 2.75) is 161 Å². The van der Waals surface area contributed by atoms with E-state index in [-0.39, 0.29) is 38.6 Å². The van der Waals surface area contributed by atoms with Gasteiger partial charge < -0.3 is 33.3 Å². The fraction of sp³-hybridized carbons (Fsp3) is 0.681. The van der Waals surface area contributed by atoms with Gasteiger partial charge in [0.05, 0.1) is 40.3 Å². The summed E-state index contributed by atoms with van der Waals surface area (Å²) in [5.41, 5.74) is 0. The minimum absolute atomic E-state index is 0.139. The summed E-state index contributed by atoms with van der Waals surface area (Å²) in [5, 5.41) is 11.6. The van der Waals surface area contributed by atoms with Gasteiger partial charge in [0.2, 0.25) is 0 Å². The van der Waals surface area contributed by atoms with Crippen LogP contribution < -0.4 is 5.11 Å². The second kappa shape index (κ2) is 38.6. The molecule has 0 spiro atoms. The maximum atomic E-state index is 12.7. The molecule has 0 aromatic carbocycles. The number of quaternary nitrogens is 1. The van der Waals surface area contributed by atoms with E-state index in [1.807, 2.05) is 21.1 Å². The predicted octanol–water partition coefficient (Wildman–Crippen LogP) is 9.83. The van der Waals surface area contributed by atoms with E-state index in [4.69, 9.17) is 18.9 Å². The zero-order chi connectivity index (χ0) is 41.4. The SMILES string of the molecule is CC/C=C\C/C=C\C/C=C\C/C=C\C/C=C\C/C=C\CCCCCCC(=O)OC(COC(=O)CCCCCCCCCC)COC(OCC[N+](C)(C)C)C(=O)[O-]. The van der Waals surface area contributed by atoms with Crippen LogP contribution in [0.4, 0.5) is 0 Å². The van der Waals surface area contributed by atoms with Gasteiger partial charge in [-0.1, -0.05) is 145 Å². The van der Waals surface area contributed by atoms with Crippen molar-refractivity contribution in [2.24, 2.45) is 0 Å². The van der Waals surface area contributed by atoms with Crippen molar-refractivity contribution in [3.05, 3.63) is 72.9 Å². The lowest BCUT2D eigenvalue weighted by Crippen LogP contribution is -2.44. The third kappa shape index (κ3) is 39.0. The fourth-order valence-electron chi connectivity index (χ4n) is 5.36. The molecule has 0 heterocycles. The highest BCUT2D eigenvalue weighted by Crippen LogP contribution is 2.12. The number of likely N-dealkylation sites (N-methyl/N-ethyl adjacent to an activating group) is 1. The summed E-state index contributed by atoms with van der Waals surface area (Å²) in [5.74, 6) is -2.34. The smallest absolute Gasteiger partial charge is 0.306 e. The molecule has 2 atom stereocenters. The summed E-state index contributed by atoms with van der Waals surface area (Å²) in [6.07, 6.45) is 43.8. The molecule has 320 valence electrons. The molecule has 9 heteroatoms. The zero-order valence-electron chi connectivity index (χ0n) is 36.0. The van der Waals surface area contributed by atoms with E-state index in [1.54, 1.807) is 0 Å². The second-order valence-corrected chi connectivity index (χ2v) is 15.3. The average Bonchev–Trinajstić information content (AvgIpc) is 3.15. The van der Waals surface area contributed by atoms with Crippen LogP contribution in [0.2, 0.25) is 0 Å². The van der Waals surface area contributed by atoms with Crippen molar-refractivity contribution >= 4 is 17.9 Å². The number of carboxylic acids is 1. The third-order valence-corrected chi connectivity index (χ3v) is 8.72. The quantitative estimate of drug-likeness (QED) is 0.0200. The summed E-state index contributed by atoms with van der Waals surface area (Å²) in [6, 6.07) is 0. The molecule has 9 nitrogen and oxygen atoms in total. The molecule has 0 radical (unpaired) electrons. The summed E-state index contributed by atoms with van der Waals surface area (Å²) in [7, 11) is 5.88. The lowest BCUT2D eigenvalue weighted by Gasteiger charge is -2.26. The largest absolute Gasteiger partial charge is 0.545 e. The Bertz CT molecular complexity index is 1150. The number of unbranched alkanes of at least 4 members (excludes halogenated alkanes) is 11. The van der Waals surface area contributed by atoms with Crippen LogP contribution in [0, 0.1) is 0 Å². The second-order valence-electron chi connectivity index (χ2n) is 15.3. The topological polar surface area (TPSA) is 111 Å². The van der Waals surface area contributed by atoms with Gasteiger partial charge >= 0.3 is 11.9 Å². The first-order valence-electron chi connectivity index (χ1n) is 21.6. The first-order valence-corrected chi connectivity index (χ1v) is 21.6. The molecule has 0 saturated carbocycles. The molecule has 56 heavy (non-hydrogen) atoms. The summed E-state index contributed by atoms with van der Waals surface area (Å²) < 4.78 is 22.4. The lowest BCUT2D eigenvalue weighted by molar-refractivity contribution is -0.870. The Morgan fingerprint density at radius 2 is 1.02 bits per heavy atom. The van der Waals surface area contributed by atoms with Gasteiger partial charge in [0, 0.05) is 12.8 Å². The Labute approximate surface area is 341 Å². The molecule has 0 aliphatic heterocycles. The van der Waals surface area contributed by atoms with Crippen LogP contribution in [0.25, 0.3) is 0 Å². The van der Waals surface area contributed by atoms with Crippen LogP contribution in [0.15, 0.2) is 72.9 Å². The summed E-state index contributed by atoms with van der Waals surface area (Å²) >= 11 is 0. The molecule has 0 rings (SSSR count). The minimum atomic E-state index is -1.63. The van der Waals surface area contributed by atoms with Crippen LogP contribution in [0.3, 0.4) is 0 Å². The molecule has 0 N–H and O–H groups in total. The number of esters is 2. The van der Waals surface area contributed by atoms with E-state index < -0.39 is 24.3 Å². The van der Waals surface area contributed by atoms with Crippen molar-refractivity contribution in [3.8, 4) is 0 Å². The molecular formula is C47H79NO8. The van der Waals surface area contributed by atoms with Crippen molar-refractivity contribution in [1.29, 1.82) is 0 Å². The number of hydrogen-bond donors (Lipinski definition) is 0. The van der Waals surface area contributed by atoms with E-state index in [2.05, 4.69) is 86.8 Å². The number of rotatable bonds is 38. The van der Waals surface area contributed by atoms with E-state index in [9.17, 15) is 19.5 Å². The average molecular weight is 786 g/mol. The van der Waals surface area contributed by atoms with Gasteiger partial charge in [0.25, 0.3) is 0 Å². The summed E-state index contributed by atoms with van der Waals surface area (Å²) in [6.45, 7) is 4.53. The van der Waals surface area contributed by atoms with Crippen LogP contribution in [-0.2, 0) is 33.3 Å². The van der Waals surface area contributed by atoms with E-state index >= 15 is 0 Å². The molecule has 0 aliphatic carbocycles. The molecule has 0 aromatic heterocycles. The van der Waals surface area contributed by atoms with E-state index in [0.717, 1.165) is 83.5 Å². The number of carbonyl (C=O) groups excluding carboxylic acids is 3. The highest BCUT2D eigenvalue weighted by molar-refractivity contribution is 5.70. The van der Waals surface area contributed by atoms with Crippen molar-refractivity contribution in [3.63, 3.8) is 0 Å². The molecule has 0 amide bonds. The van der Waals surface area contributed by atoms with E-state index in [1.165, 1.54) is 32.1 Å². The van der Waals surface area contributed by atoms with Crippen molar-refractivity contribution in [1.82, 2.24) is 0 Å². The number of nitrogens with zero attached hydrogens (tertiary/aromatic N) is 1. The van der Waals surface area contributed by atoms with E-state index in [0.29, 0.717) is 17.4 Å². The monoisotopic (exact) mass is 786 g/mol. The molecular weight excluding hydrogens is 707 g/mol. The van der Waals surface area contributed by atoms with Gasteiger partial charge in [-0.25, -0.2) is 0 Å². The number of hydrogen-bond acceptors (Lipinski definition) is 8. The van der Waals surface area contributed by atoms with Gasteiger partial charge in [-0.05, 0) is 64.2 Å². The highest BCUT2D eigenvalue weighted by Gasteiger charge is 2.21.